The lowest BCUT2D eigenvalue weighted by Gasteiger charge is -2.34. The molecule has 0 heterocycles. The number of benzene rings is 3. The summed E-state index contributed by atoms with van der Waals surface area (Å²) in [7, 11) is 0.963. The molecule has 1 heteroatoms. The van der Waals surface area contributed by atoms with E-state index >= 15 is 0 Å². The van der Waals surface area contributed by atoms with Crippen LogP contribution in [-0.4, -0.2) is 10.2 Å². The molecule has 0 unspecified atom stereocenters. The maximum atomic E-state index is 4.48. The molecule has 0 spiro atoms. The third kappa shape index (κ3) is 2.56. The molecule has 0 aliphatic rings. The van der Waals surface area contributed by atoms with E-state index in [1.54, 1.807) is 0 Å². The average molecular weight is 300 g/mol. The van der Waals surface area contributed by atoms with Crippen LogP contribution in [0.3, 0.4) is 0 Å². The van der Waals surface area contributed by atoms with Gasteiger partial charge in [0.2, 0.25) is 0 Å². The van der Waals surface area contributed by atoms with Crippen LogP contribution < -0.4 is 0 Å². The zero-order chi connectivity index (χ0) is 15.4. The Balaban J connectivity index is 2.18. The van der Waals surface area contributed by atoms with Gasteiger partial charge in [0.05, 0.1) is 0 Å². The minimum atomic E-state index is -0.107. The lowest BCUT2D eigenvalue weighted by atomic mass is 9.81. The molecule has 0 aromatic heterocycles. The topological polar surface area (TPSA) is 0 Å². The standard InChI is InChI=1S/C21H20Si/c1-17(18-11-5-2-6-12-18)21(22,19-13-7-3-8-14-19)20-15-9-4-10-16-20/h2-16H,1H2,22H3. The van der Waals surface area contributed by atoms with E-state index in [4.69, 9.17) is 0 Å². The summed E-state index contributed by atoms with van der Waals surface area (Å²) in [4.78, 5) is 0. The molecule has 0 bridgehead atoms. The fourth-order valence-electron chi connectivity index (χ4n) is 2.99. The summed E-state index contributed by atoms with van der Waals surface area (Å²) < 4.78 is 0. The molecular formula is C21H20Si. The first kappa shape index (κ1) is 14.5. The van der Waals surface area contributed by atoms with Gasteiger partial charge in [-0.3, -0.25) is 0 Å². The highest BCUT2D eigenvalue weighted by atomic mass is 28.1. The van der Waals surface area contributed by atoms with Crippen molar-refractivity contribution in [3.05, 3.63) is 114 Å². The van der Waals surface area contributed by atoms with E-state index in [0.717, 1.165) is 10.2 Å². The summed E-state index contributed by atoms with van der Waals surface area (Å²) in [5.41, 5.74) is 5.03. The molecule has 0 atom stereocenters. The molecular weight excluding hydrogens is 280 g/mol. The first-order chi connectivity index (χ1) is 10.7. The largest absolute Gasteiger partial charge is 0.0943 e. The summed E-state index contributed by atoms with van der Waals surface area (Å²) >= 11 is 0. The minimum absolute atomic E-state index is 0.107. The Labute approximate surface area is 135 Å². The van der Waals surface area contributed by atoms with Crippen molar-refractivity contribution < 1.29 is 0 Å². The first-order valence-corrected chi connectivity index (χ1v) is 8.59. The summed E-state index contributed by atoms with van der Waals surface area (Å²) in [6.07, 6.45) is 0. The van der Waals surface area contributed by atoms with E-state index in [2.05, 4.69) is 97.6 Å². The van der Waals surface area contributed by atoms with Gasteiger partial charge in [0.15, 0.2) is 0 Å². The second kappa shape index (κ2) is 6.16. The molecule has 3 rings (SSSR count). The molecule has 0 saturated carbocycles. The van der Waals surface area contributed by atoms with Gasteiger partial charge < -0.3 is 0 Å². The van der Waals surface area contributed by atoms with E-state index in [0.29, 0.717) is 0 Å². The van der Waals surface area contributed by atoms with Gasteiger partial charge in [-0.05, 0) is 22.3 Å². The number of allylic oxidation sites excluding steroid dienone is 1. The SMILES string of the molecule is C=C(c1ccccc1)C([SiH3])(c1ccccc1)c1ccccc1. The van der Waals surface area contributed by atoms with Crippen LogP contribution in [0.5, 0.6) is 0 Å². The number of hydrogen-bond acceptors (Lipinski definition) is 0. The second-order valence-electron chi connectivity index (χ2n) is 5.70. The van der Waals surface area contributed by atoms with Gasteiger partial charge in [-0.15, -0.1) is 0 Å². The Bertz CT molecular complexity index is 706. The van der Waals surface area contributed by atoms with E-state index in [-0.39, 0.29) is 5.04 Å². The van der Waals surface area contributed by atoms with E-state index < -0.39 is 0 Å². The van der Waals surface area contributed by atoms with Crippen molar-refractivity contribution in [1.82, 2.24) is 0 Å². The van der Waals surface area contributed by atoms with E-state index in [1.165, 1.54) is 22.3 Å². The van der Waals surface area contributed by atoms with Crippen LogP contribution in [0.2, 0.25) is 0 Å². The predicted molar refractivity (Wildman–Crippen MR) is 99.1 cm³/mol. The normalized spacial score (nSPS) is 11.3. The van der Waals surface area contributed by atoms with Crippen LogP contribution in [-0.2, 0) is 5.04 Å². The Hall–Kier alpha value is -2.38. The van der Waals surface area contributed by atoms with Gasteiger partial charge in [-0.25, -0.2) is 0 Å². The second-order valence-corrected chi connectivity index (χ2v) is 7.20. The van der Waals surface area contributed by atoms with Crippen molar-refractivity contribution in [1.29, 1.82) is 0 Å². The van der Waals surface area contributed by atoms with Crippen LogP contribution in [0.25, 0.3) is 5.57 Å². The predicted octanol–water partition coefficient (Wildman–Crippen LogP) is 4.01. The lowest BCUT2D eigenvalue weighted by molar-refractivity contribution is 0.946. The van der Waals surface area contributed by atoms with Gasteiger partial charge in [0, 0.05) is 15.3 Å². The van der Waals surface area contributed by atoms with Crippen LogP contribution in [0.4, 0.5) is 0 Å². The zero-order valence-electron chi connectivity index (χ0n) is 12.9. The van der Waals surface area contributed by atoms with Crippen molar-refractivity contribution in [2.24, 2.45) is 0 Å². The average Bonchev–Trinajstić information content (AvgIpc) is 2.62. The van der Waals surface area contributed by atoms with Crippen molar-refractivity contribution in [2.45, 2.75) is 5.04 Å². The minimum Gasteiger partial charge on any atom is -0.0943 e. The van der Waals surface area contributed by atoms with E-state index in [9.17, 15) is 0 Å². The fraction of sp³-hybridized carbons (Fsp3) is 0.0476. The Morgan fingerprint density at radius 3 is 1.41 bits per heavy atom. The third-order valence-corrected chi connectivity index (χ3v) is 6.19. The molecule has 0 radical (unpaired) electrons. The summed E-state index contributed by atoms with van der Waals surface area (Å²) in [5, 5.41) is -0.107. The Morgan fingerprint density at radius 1 is 0.636 bits per heavy atom. The van der Waals surface area contributed by atoms with Gasteiger partial charge in [0.1, 0.15) is 0 Å². The maximum Gasteiger partial charge on any atom is 0.0282 e. The molecule has 22 heavy (non-hydrogen) atoms. The molecule has 108 valence electrons. The van der Waals surface area contributed by atoms with Crippen LogP contribution >= 0.6 is 0 Å². The monoisotopic (exact) mass is 300 g/mol. The molecule has 3 aromatic carbocycles. The molecule has 0 aliphatic carbocycles. The summed E-state index contributed by atoms with van der Waals surface area (Å²) in [5.74, 6) is 0. The molecule has 0 N–H and O–H groups in total. The maximum absolute atomic E-state index is 4.48. The van der Waals surface area contributed by atoms with Crippen molar-refractivity contribution in [3.8, 4) is 0 Å². The van der Waals surface area contributed by atoms with Crippen LogP contribution in [0, 0.1) is 0 Å². The van der Waals surface area contributed by atoms with Crippen LogP contribution in [0.1, 0.15) is 16.7 Å². The quantitative estimate of drug-likeness (QED) is 0.639. The molecule has 0 saturated heterocycles. The Kier molecular flexibility index (Phi) is 4.08. The highest BCUT2D eigenvalue weighted by Gasteiger charge is 2.32. The van der Waals surface area contributed by atoms with Crippen molar-refractivity contribution in [3.63, 3.8) is 0 Å². The van der Waals surface area contributed by atoms with Gasteiger partial charge >= 0.3 is 0 Å². The van der Waals surface area contributed by atoms with Gasteiger partial charge in [-0.2, -0.15) is 0 Å². The molecule has 0 nitrogen and oxygen atoms in total. The molecule has 3 aromatic rings. The zero-order valence-corrected chi connectivity index (χ0v) is 14.9. The number of hydrogen-bond donors (Lipinski definition) is 0. The summed E-state index contributed by atoms with van der Waals surface area (Å²) in [6.45, 7) is 4.48. The Morgan fingerprint density at radius 2 is 1.00 bits per heavy atom. The lowest BCUT2D eigenvalue weighted by Crippen LogP contribution is -2.29. The van der Waals surface area contributed by atoms with Gasteiger partial charge in [0.25, 0.3) is 0 Å². The number of rotatable bonds is 4. The highest BCUT2D eigenvalue weighted by molar-refractivity contribution is 6.25. The molecule has 0 fully saturated rings. The smallest absolute Gasteiger partial charge is 0.0282 e. The van der Waals surface area contributed by atoms with Crippen molar-refractivity contribution >= 4 is 15.8 Å². The third-order valence-electron chi connectivity index (χ3n) is 4.43. The first-order valence-electron chi connectivity index (χ1n) is 7.59. The highest BCUT2D eigenvalue weighted by Crippen LogP contribution is 2.40. The summed E-state index contributed by atoms with van der Waals surface area (Å²) in [6, 6.07) is 32.0. The van der Waals surface area contributed by atoms with Crippen LogP contribution in [0.15, 0.2) is 97.6 Å². The molecule has 0 aliphatic heterocycles. The molecule has 0 amide bonds. The fourth-order valence-corrected chi connectivity index (χ4v) is 3.94. The van der Waals surface area contributed by atoms with E-state index in [1.807, 2.05) is 0 Å². The van der Waals surface area contributed by atoms with Crippen molar-refractivity contribution in [2.75, 3.05) is 0 Å². The van der Waals surface area contributed by atoms with Gasteiger partial charge in [-0.1, -0.05) is 97.6 Å².